The Morgan fingerprint density at radius 1 is 1.03 bits per heavy atom. The van der Waals surface area contributed by atoms with Gasteiger partial charge >= 0.3 is 6.16 Å². The van der Waals surface area contributed by atoms with E-state index in [1.807, 2.05) is 36.4 Å². The summed E-state index contributed by atoms with van der Waals surface area (Å²) < 4.78 is 17.5. The van der Waals surface area contributed by atoms with Gasteiger partial charge in [-0.25, -0.2) is 4.79 Å². The highest BCUT2D eigenvalue weighted by atomic mass is 28.4. The number of rotatable bonds is 9. The van der Waals surface area contributed by atoms with Gasteiger partial charge in [-0.05, 0) is 42.1 Å². The molecular weight excluding hydrogens is 456 g/mol. The van der Waals surface area contributed by atoms with Crippen LogP contribution >= 0.6 is 0 Å². The second-order valence-corrected chi connectivity index (χ2v) is 14.8. The Hall–Kier alpha value is -2.70. The van der Waals surface area contributed by atoms with Gasteiger partial charge in [0.05, 0.1) is 18.6 Å². The molecule has 0 aromatic heterocycles. The first-order chi connectivity index (χ1) is 16.7. The van der Waals surface area contributed by atoms with E-state index in [2.05, 4.69) is 58.0 Å². The summed E-state index contributed by atoms with van der Waals surface area (Å²) in [4.78, 5) is 24.7. The molecule has 0 aliphatic heterocycles. The highest BCUT2D eigenvalue weighted by molar-refractivity contribution is 6.99. The van der Waals surface area contributed by atoms with Gasteiger partial charge in [0.1, 0.15) is 6.29 Å². The van der Waals surface area contributed by atoms with Crippen LogP contribution in [0.1, 0.15) is 47.5 Å². The second kappa shape index (κ2) is 11.4. The molecule has 0 amide bonds. The molecule has 188 valence electrons. The van der Waals surface area contributed by atoms with Crippen molar-refractivity contribution in [2.24, 2.45) is 11.3 Å². The van der Waals surface area contributed by atoms with Crippen LogP contribution in [0.3, 0.4) is 0 Å². The monoisotopic (exact) mass is 494 g/mol. The van der Waals surface area contributed by atoms with Crippen molar-refractivity contribution in [3.63, 3.8) is 0 Å². The normalized spacial score (nSPS) is 20.6. The van der Waals surface area contributed by atoms with Crippen LogP contribution in [0, 0.1) is 11.3 Å². The number of hydrogen-bond acceptors (Lipinski definition) is 5. The molecule has 3 rings (SSSR count). The van der Waals surface area contributed by atoms with Crippen molar-refractivity contribution >= 4 is 31.1 Å². The maximum Gasteiger partial charge on any atom is 0.508 e. The average molecular weight is 495 g/mol. The number of ether oxygens (including phenoxy) is 2. The van der Waals surface area contributed by atoms with Crippen LogP contribution in [0.2, 0.25) is 5.04 Å². The minimum Gasteiger partial charge on any atom is -0.435 e. The number of benzene rings is 2. The number of aldehydes is 1. The molecule has 6 heteroatoms. The molecule has 5 nitrogen and oxygen atoms in total. The Kier molecular flexibility index (Phi) is 8.73. The van der Waals surface area contributed by atoms with E-state index in [0.29, 0.717) is 12.8 Å². The summed E-state index contributed by atoms with van der Waals surface area (Å²) in [6.45, 7) is 11.1. The fraction of sp³-hybridized carbons (Fsp3) is 0.448. The Morgan fingerprint density at radius 3 is 2.09 bits per heavy atom. The molecule has 0 fully saturated rings. The molecule has 0 bridgehead atoms. The van der Waals surface area contributed by atoms with Gasteiger partial charge in [-0.15, -0.1) is 0 Å². The van der Waals surface area contributed by atoms with Gasteiger partial charge < -0.3 is 18.7 Å². The van der Waals surface area contributed by atoms with Crippen molar-refractivity contribution in [2.45, 2.75) is 52.5 Å². The lowest BCUT2D eigenvalue weighted by atomic mass is 9.69. The Labute approximate surface area is 210 Å². The van der Waals surface area contributed by atoms with E-state index in [-0.39, 0.29) is 30.8 Å². The molecule has 0 N–H and O–H groups in total. The predicted octanol–water partition coefficient (Wildman–Crippen LogP) is 5.28. The zero-order valence-electron chi connectivity index (χ0n) is 21.6. The number of carbonyl (C=O) groups is 2. The van der Waals surface area contributed by atoms with Gasteiger partial charge in [-0.3, -0.25) is 0 Å². The number of allylic oxidation sites excluding steroid dienone is 2. The van der Waals surface area contributed by atoms with Gasteiger partial charge in [-0.2, -0.15) is 0 Å². The van der Waals surface area contributed by atoms with Crippen LogP contribution in [0.25, 0.3) is 0 Å². The third-order valence-electron chi connectivity index (χ3n) is 7.09. The molecule has 1 aliphatic rings. The van der Waals surface area contributed by atoms with Crippen LogP contribution in [0.5, 0.6) is 0 Å². The van der Waals surface area contributed by atoms with Crippen LogP contribution in [0.15, 0.2) is 72.3 Å². The summed E-state index contributed by atoms with van der Waals surface area (Å²) in [6.07, 6.45) is 3.66. The summed E-state index contributed by atoms with van der Waals surface area (Å²) in [6, 6.07) is 20.8. The van der Waals surface area contributed by atoms with E-state index in [1.54, 1.807) is 6.92 Å². The molecule has 35 heavy (non-hydrogen) atoms. The lowest BCUT2D eigenvalue weighted by Crippen LogP contribution is -2.67. The van der Waals surface area contributed by atoms with E-state index < -0.39 is 19.9 Å². The Balaban J connectivity index is 2.02. The molecule has 2 atom stereocenters. The van der Waals surface area contributed by atoms with Gasteiger partial charge in [-0.1, -0.05) is 93.1 Å². The van der Waals surface area contributed by atoms with Crippen LogP contribution in [-0.4, -0.2) is 40.6 Å². The zero-order chi connectivity index (χ0) is 25.5. The molecular formula is C29H38O5Si. The fourth-order valence-corrected chi connectivity index (χ4v) is 9.76. The van der Waals surface area contributed by atoms with Crippen molar-refractivity contribution in [1.29, 1.82) is 0 Å². The van der Waals surface area contributed by atoms with Crippen LogP contribution < -0.4 is 10.4 Å². The SMILES string of the molecule is CCOC(=O)OC[C@@H]1CC(C)=CC[C@@]1(C=O)CO[Si](c1ccccc1)(c1ccccc1)C(C)(C)C. The lowest BCUT2D eigenvalue weighted by molar-refractivity contribution is -0.123. The van der Waals surface area contributed by atoms with Crippen LogP contribution in [0.4, 0.5) is 4.79 Å². The van der Waals surface area contributed by atoms with E-state index in [0.717, 1.165) is 6.29 Å². The van der Waals surface area contributed by atoms with Crippen molar-refractivity contribution in [3.05, 3.63) is 72.3 Å². The molecule has 0 saturated carbocycles. The number of carbonyl (C=O) groups excluding carboxylic acids is 2. The maximum absolute atomic E-state index is 12.7. The molecule has 0 unspecified atom stereocenters. The Bertz CT molecular complexity index is 973. The summed E-state index contributed by atoms with van der Waals surface area (Å²) in [7, 11) is -2.81. The van der Waals surface area contributed by atoms with Crippen molar-refractivity contribution in [3.8, 4) is 0 Å². The molecule has 0 heterocycles. The average Bonchev–Trinajstić information content (AvgIpc) is 2.85. The minimum atomic E-state index is -2.81. The van der Waals surface area contributed by atoms with Crippen molar-refractivity contribution in [1.82, 2.24) is 0 Å². The van der Waals surface area contributed by atoms with E-state index in [9.17, 15) is 9.59 Å². The molecule has 2 aromatic rings. The predicted molar refractivity (Wildman–Crippen MR) is 142 cm³/mol. The third-order valence-corrected chi connectivity index (χ3v) is 12.1. The smallest absolute Gasteiger partial charge is 0.435 e. The van der Waals surface area contributed by atoms with Crippen LogP contribution in [-0.2, 0) is 18.7 Å². The third kappa shape index (κ3) is 5.76. The van der Waals surface area contributed by atoms with Gasteiger partial charge in [0.2, 0.25) is 0 Å². The quantitative estimate of drug-likeness (QED) is 0.205. The summed E-state index contributed by atoms with van der Waals surface area (Å²) in [5, 5.41) is 2.14. The molecule has 0 spiro atoms. The first kappa shape index (κ1) is 26.9. The molecule has 2 aromatic carbocycles. The minimum absolute atomic E-state index is 0.118. The zero-order valence-corrected chi connectivity index (χ0v) is 22.6. The maximum atomic E-state index is 12.7. The summed E-state index contributed by atoms with van der Waals surface area (Å²) >= 11 is 0. The lowest BCUT2D eigenvalue weighted by Gasteiger charge is -2.46. The fourth-order valence-electron chi connectivity index (χ4n) is 5.12. The molecule has 0 saturated heterocycles. The van der Waals surface area contributed by atoms with E-state index in [1.165, 1.54) is 15.9 Å². The molecule has 0 radical (unpaired) electrons. The Morgan fingerprint density at radius 2 is 1.60 bits per heavy atom. The van der Waals surface area contributed by atoms with Gasteiger partial charge in [0.15, 0.2) is 0 Å². The topological polar surface area (TPSA) is 61.8 Å². The standard InChI is InChI=1S/C29H38O5Si/c1-6-32-27(31)33-20-24-19-23(2)17-18-29(24,21-30)22-34-35(28(3,4)5,25-13-9-7-10-14-25)26-15-11-8-12-16-26/h7-17,21,24H,6,18-20,22H2,1-5H3/t24-,29+/m0/s1. The first-order valence-electron chi connectivity index (χ1n) is 12.3. The van der Waals surface area contributed by atoms with Gasteiger partial charge in [0, 0.05) is 12.5 Å². The largest absolute Gasteiger partial charge is 0.508 e. The van der Waals surface area contributed by atoms with Crippen molar-refractivity contribution in [2.75, 3.05) is 19.8 Å². The summed E-state index contributed by atoms with van der Waals surface area (Å²) in [5.74, 6) is -0.187. The highest BCUT2D eigenvalue weighted by Gasteiger charge is 2.52. The van der Waals surface area contributed by atoms with Gasteiger partial charge in [0.25, 0.3) is 8.32 Å². The van der Waals surface area contributed by atoms with Crippen molar-refractivity contribution < 1.29 is 23.5 Å². The van der Waals surface area contributed by atoms with E-state index >= 15 is 0 Å². The first-order valence-corrected chi connectivity index (χ1v) is 14.3. The highest BCUT2D eigenvalue weighted by Crippen LogP contribution is 2.43. The summed E-state index contributed by atoms with van der Waals surface area (Å²) in [5.41, 5.74) is 0.393. The van der Waals surface area contributed by atoms with E-state index in [4.69, 9.17) is 13.9 Å². The second-order valence-electron chi connectivity index (χ2n) is 10.5. The number of hydrogen-bond donors (Lipinski definition) is 0. The molecule has 1 aliphatic carbocycles.